The van der Waals surface area contributed by atoms with Crippen LogP contribution in [0.2, 0.25) is 0 Å². The molecule has 0 bridgehead atoms. The van der Waals surface area contributed by atoms with Crippen LogP contribution in [0.3, 0.4) is 0 Å². The maximum atomic E-state index is 11.4. The standard InChI is InChI=1S/C14H18BrN3O/c1-3-16-13(8-4-7(8)2)9-5-11-12(6-10(9)15)18-14(19)17-11/h5-8,13,16H,3-4H2,1-2H3,(H2,17,18,19). The van der Waals surface area contributed by atoms with Crippen molar-refractivity contribution >= 4 is 27.0 Å². The molecule has 1 aliphatic carbocycles. The predicted octanol–water partition coefficient (Wildman–Crippen LogP) is 2.93. The Labute approximate surface area is 120 Å². The van der Waals surface area contributed by atoms with E-state index < -0.39 is 0 Å². The van der Waals surface area contributed by atoms with Gasteiger partial charge in [-0.2, -0.15) is 0 Å². The van der Waals surface area contributed by atoms with Crippen molar-refractivity contribution in [3.63, 3.8) is 0 Å². The molecule has 0 saturated heterocycles. The SMILES string of the molecule is CCNC(c1cc2[nH]c(=O)[nH]c2cc1Br)C1CC1C. The van der Waals surface area contributed by atoms with Crippen molar-refractivity contribution < 1.29 is 0 Å². The van der Waals surface area contributed by atoms with E-state index in [-0.39, 0.29) is 5.69 Å². The molecule has 5 heteroatoms. The normalized spacial score (nSPS) is 23.7. The first-order chi connectivity index (χ1) is 9.10. The Morgan fingerprint density at radius 3 is 2.63 bits per heavy atom. The summed E-state index contributed by atoms with van der Waals surface area (Å²) in [5, 5.41) is 3.57. The van der Waals surface area contributed by atoms with Crippen molar-refractivity contribution in [2.24, 2.45) is 11.8 Å². The molecule has 2 aromatic rings. The molecule has 1 fully saturated rings. The second-order valence-corrected chi connectivity index (χ2v) is 6.26. The first-order valence-electron chi connectivity index (χ1n) is 6.75. The van der Waals surface area contributed by atoms with Gasteiger partial charge in [-0.05, 0) is 42.5 Å². The Balaban J connectivity index is 2.06. The van der Waals surface area contributed by atoms with Gasteiger partial charge in [0.1, 0.15) is 0 Å². The summed E-state index contributed by atoms with van der Waals surface area (Å²) in [6, 6.07) is 4.42. The van der Waals surface area contributed by atoms with Gasteiger partial charge < -0.3 is 15.3 Å². The van der Waals surface area contributed by atoms with Crippen LogP contribution in [0, 0.1) is 11.8 Å². The third-order valence-electron chi connectivity index (χ3n) is 3.99. The predicted molar refractivity (Wildman–Crippen MR) is 80.3 cm³/mol. The van der Waals surface area contributed by atoms with E-state index in [1.54, 1.807) is 0 Å². The van der Waals surface area contributed by atoms with Crippen LogP contribution in [-0.4, -0.2) is 16.5 Å². The van der Waals surface area contributed by atoms with Crippen molar-refractivity contribution in [3.8, 4) is 0 Å². The Hall–Kier alpha value is -1.07. The first kappa shape index (κ1) is 12.9. The molecule has 0 radical (unpaired) electrons. The highest BCUT2D eigenvalue weighted by Gasteiger charge is 2.40. The van der Waals surface area contributed by atoms with Crippen LogP contribution < -0.4 is 11.0 Å². The van der Waals surface area contributed by atoms with Crippen molar-refractivity contribution in [3.05, 3.63) is 32.7 Å². The summed E-state index contributed by atoms with van der Waals surface area (Å²) < 4.78 is 1.06. The largest absolute Gasteiger partial charge is 0.323 e. The van der Waals surface area contributed by atoms with Gasteiger partial charge in [-0.15, -0.1) is 0 Å². The van der Waals surface area contributed by atoms with Gasteiger partial charge in [0.15, 0.2) is 0 Å². The number of H-pyrrole nitrogens is 2. The van der Waals surface area contributed by atoms with Crippen LogP contribution >= 0.6 is 15.9 Å². The molecule has 1 aromatic heterocycles. The quantitative estimate of drug-likeness (QED) is 0.810. The summed E-state index contributed by atoms with van der Waals surface area (Å²) in [4.78, 5) is 17.0. The Kier molecular flexibility index (Phi) is 3.27. The van der Waals surface area contributed by atoms with Crippen LogP contribution in [-0.2, 0) is 0 Å². The van der Waals surface area contributed by atoms with Crippen molar-refractivity contribution in [1.82, 2.24) is 15.3 Å². The molecular formula is C14H18BrN3O. The highest BCUT2D eigenvalue weighted by molar-refractivity contribution is 9.10. The Morgan fingerprint density at radius 1 is 1.42 bits per heavy atom. The zero-order valence-electron chi connectivity index (χ0n) is 11.1. The van der Waals surface area contributed by atoms with Gasteiger partial charge in [0.05, 0.1) is 11.0 Å². The van der Waals surface area contributed by atoms with E-state index in [1.807, 2.05) is 6.07 Å². The molecule has 0 amide bonds. The van der Waals surface area contributed by atoms with Crippen LogP contribution in [0.4, 0.5) is 0 Å². The average molecular weight is 324 g/mol. The number of aromatic amines is 2. The number of fused-ring (bicyclic) bond motifs is 1. The zero-order valence-corrected chi connectivity index (χ0v) is 12.7. The molecular weight excluding hydrogens is 306 g/mol. The van der Waals surface area contributed by atoms with E-state index in [9.17, 15) is 4.79 Å². The minimum Gasteiger partial charge on any atom is -0.310 e. The summed E-state index contributed by atoms with van der Waals surface area (Å²) >= 11 is 3.64. The lowest BCUT2D eigenvalue weighted by molar-refractivity contribution is 0.474. The van der Waals surface area contributed by atoms with Gasteiger partial charge >= 0.3 is 5.69 Å². The number of aromatic nitrogens is 2. The number of halogens is 1. The molecule has 1 heterocycles. The average Bonchev–Trinajstić information content (AvgIpc) is 2.95. The van der Waals surface area contributed by atoms with Crippen LogP contribution in [0.5, 0.6) is 0 Å². The van der Waals surface area contributed by atoms with Gasteiger partial charge in [0, 0.05) is 10.5 Å². The van der Waals surface area contributed by atoms with Crippen molar-refractivity contribution in [1.29, 1.82) is 0 Å². The topological polar surface area (TPSA) is 60.7 Å². The van der Waals surface area contributed by atoms with E-state index in [4.69, 9.17) is 0 Å². The zero-order chi connectivity index (χ0) is 13.6. The fraction of sp³-hybridized carbons (Fsp3) is 0.500. The molecule has 3 unspecified atom stereocenters. The molecule has 0 aliphatic heterocycles. The van der Waals surface area contributed by atoms with E-state index in [0.29, 0.717) is 12.0 Å². The summed E-state index contributed by atoms with van der Waals surface area (Å²) in [6.07, 6.45) is 1.27. The number of hydrogen-bond donors (Lipinski definition) is 3. The monoisotopic (exact) mass is 323 g/mol. The number of imidazole rings is 1. The molecule has 102 valence electrons. The van der Waals surface area contributed by atoms with Crippen molar-refractivity contribution in [2.75, 3.05) is 6.54 Å². The molecule has 1 aliphatic rings. The Morgan fingerprint density at radius 2 is 2.05 bits per heavy atom. The molecule has 1 aromatic carbocycles. The number of hydrogen-bond acceptors (Lipinski definition) is 2. The summed E-state index contributed by atoms with van der Waals surface area (Å²) in [5.74, 6) is 1.47. The number of nitrogens with one attached hydrogen (secondary N) is 3. The summed E-state index contributed by atoms with van der Waals surface area (Å²) in [7, 11) is 0. The van der Waals surface area contributed by atoms with E-state index in [1.165, 1.54) is 12.0 Å². The third kappa shape index (κ3) is 2.37. The number of rotatable bonds is 4. The molecule has 1 saturated carbocycles. The lowest BCUT2D eigenvalue weighted by atomic mass is 10.0. The summed E-state index contributed by atoms with van der Waals surface area (Å²) in [6.45, 7) is 5.37. The van der Waals surface area contributed by atoms with E-state index >= 15 is 0 Å². The third-order valence-corrected chi connectivity index (χ3v) is 4.68. The van der Waals surface area contributed by atoms with Gasteiger partial charge in [-0.1, -0.05) is 29.8 Å². The first-order valence-corrected chi connectivity index (χ1v) is 7.54. The number of benzene rings is 1. The minimum atomic E-state index is -0.154. The maximum absolute atomic E-state index is 11.4. The molecule has 4 nitrogen and oxygen atoms in total. The van der Waals surface area contributed by atoms with Crippen LogP contribution in [0.15, 0.2) is 21.4 Å². The highest BCUT2D eigenvalue weighted by atomic mass is 79.9. The smallest absolute Gasteiger partial charge is 0.310 e. The van der Waals surface area contributed by atoms with Gasteiger partial charge in [0.25, 0.3) is 0 Å². The van der Waals surface area contributed by atoms with Crippen molar-refractivity contribution in [2.45, 2.75) is 26.3 Å². The van der Waals surface area contributed by atoms with Gasteiger partial charge in [-0.25, -0.2) is 4.79 Å². The highest BCUT2D eigenvalue weighted by Crippen LogP contribution is 2.48. The minimum absolute atomic E-state index is 0.154. The van der Waals surface area contributed by atoms with Gasteiger partial charge in [0.2, 0.25) is 0 Å². The second kappa shape index (κ2) is 4.80. The fourth-order valence-corrected chi connectivity index (χ4v) is 3.43. The van der Waals surface area contributed by atoms with Crippen LogP contribution in [0.1, 0.15) is 31.9 Å². The second-order valence-electron chi connectivity index (χ2n) is 5.41. The molecule has 3 rings (SSSR count). The van der Waals surface area contributed by atoms with E-state index in [2.05, 4.69) is 51.1 Å². The van der Waals surface area contributed by atoms with Gasteiger partial charge in [-0.3, -0.25) is 0 Å². The van der Waals surface area contributed by atoms with Crippen LogP contribution in [0.25, 0.3) is 11.0 Å². The lowest BCUT2D eigenvalue weighted by Crippen LogP contribution is -2.23. The Bertz CT molecular complexity index is 660. The van der Waals surface area contributed by atoms with E-state index in [0.717, 1.165) is 28.0 Å². The molecule has 3 atom stereocenters. The molecule has 3 N–H and O–H groups in total. The molecule has 19 heavy (non-hydrogen) atoms. The fourth-order valence-electron chi connectivity index (χ4n) is 2.84. The maximum Gasteiger partial charge on any atom is 0.323 e. The summed E-state index contributed by atoms with van der Waals surface area (Å²) in [5.41, 5.74) is 2.80. The molecule has 0 spiro atoms. The lowest BCUT2D eigenvalue weighted by Gasteiger charge is -2.20.